The Morgan fingerprint density at radius 1 is 1.50 bits per heavy atom. The molecule has 7 heteroatoms. The smallest absolute Gasteiger partial charge is 0.354 e. The largest absolute Gasteiger partial charge is 0.477 e. The normalized spacial score (nSPS) is 10.4. The third kappa shape index (κ3) is 1.87. The summed E-state index contributed by atoms with van der Waals surface area (Å²) in [4.78, 5) is 18.3. The van der Waals surface area contributed by atoms with E-state index >= 15 is 0 Å². The topological polar surface area (TPSA) is 80.9 Å². The van der Waals surface area contributed by atoms with E-state index in [9.17, 15) is 4.79 Å². The summed E-state index contributed by atoms with van der Waals surface area (Å²) in [6, 6.07) is 3.06. The maximum atomic E-state index is 10.8. The van der Waals surface area contributed by atoms with Crippen molar-refractivity contribution in [2.24, 2.45) is 7.05 Å². The van der Waals surface area contributed by atoms with Gasteiger partial charge in [-0.05, 0) is 23.7 Å². The van der Waals surface area contributed by atoms with Crippen molar-refractivity contribution in [2.75, 3.05) is 0 Å². The molecule has 2 aromatic heterocycles. The summed E-state index contributed by atoms with van der Waals surface area (Å²) in [5.41, 5.74) is 0.959. The van der Waals surface area contributed by atoms with Crippen LogP contribution in [0.15, 0.2) is 18.3 Å². The first kappa shape index (κ1) is 10.6. The molecule has 0 aliphatic carbocycles. The highest BCUT2D eigenvalue weighted by Crippen LogP contribution is 2.18. The van der Waals surface area contributed by atoms with E-state index in [2.05, 4.69) is 15.1 Å². The standard InChI is InChI=1S/C9H7ClN4O2/c1-14-7(2-3-11-14)5-4-6(8(15)16)13-9(10)12-5/h2-4H,1H3,(H,15,16). The molecule has 0 spiro atoms. The number of hydrogen-bond donors (Lipinski definition) is 1. The van der Waals surface area contributed by atoms with Gasteiger partial charge in [0.05, 0.1) is 11.4 Å². The van der Waals surface area contributed by atoms with Crippen molar-refractivity contribution in [1.82, 2.24) is 19.7 Å². The minimum atomic E-state index is -1.15. The molecule has 6 nitrogen and oxygen atoms in total. The number of aromatic nitrogens is 4. The molecule has 0 aliphatic heterocycles. The maximum absolute atomic E-state index is 10.8. The van der Waals surface area contributed by atoms with Gasteiger partial charge in [0.1, 0.15) is 0 Å². The summed E-state index contributed by atoms with van der Waals surface area (Å²) in [5.74, 6) is -1.15. The molecule has 0 bridgehead atoms. The molecule has 0 saturated heterocycles. The molecule has 0 unspecified atom stereocenters. The number of aromatic carboxylic acids is 1. The molecular formula is C9H7ClN4O2. The third-order valence-corrected chi connectivity index (χ3v) is 2.17. The van der Waals surface area contributed by atoms with Crippen LogP contribution in [0, 0.1) is 0 Å². The van der Waals surface area contributed by atoms with Gasteiger partial charge in [-0.25, -0.2) is 14.8 Å². The first-order valence-electron chi connectivity index (χ1n) is 4.34. The quantitative estimate of drug-likeness (QED) is 0.796. The molecule has 0 radical (unpaired) electrons. The lowest BCUT2D eigenvalue weighted by molar-refractivity contribution is 0.0690. The summed E-state index contributed by atoms with van der Waals surface area (Å²) in [6.45, 7) is 0. The molecule has 0 aliphatic rings. The van der Waals surface area contributed by atoms with Crippen LogP contribution in [0.3, 0.4) is 0 Å². The summed E-state index contributed by atoms with van der Waals surface area (Å²) in [6.07, 6.45) is 1.59. The van der Waals surface area contributed by atoms with E-state index < -0.39 is 5.97 Å². The lowest BCUT2D eigenvalue weighted by Crippen LogP contribution is -2.04. The summed E-state index contributed by atoms with van der Waals surface area (Å²) >= 11 is 5.65. The van der Waals surface area contributed by atoms with Gasteiger partial charge < -0.3 is 5.11 Å². The second kappa shape index (κ2) is 3.90. The highest BCUT2D eigenvalue weighted by molar-refractivity contribution is 6.28. The van der Waals surface area contributed by atoms with Gasteiger partial charge in [0, 0.05) is 13.2 Å². The third-order valence-electron chi connectivity index (χ3n) is 2.00. The fourth-order valence-corrected chi connectivity index (χ4v) is 1.47. The number of aryl methyl sites for hydroxylation is 1. The van der Waals surface area contributed by atoms with Crippen LogP contribution in [0.5, 0.6) is 0 Å². The predicted octanol–water partition coefficient (Wildman–Crippen LogP) is 1.23. The first-order chi connectivity index (χ1) is 7.58. The highest BCUT2D eigenvalue weighted by atomic mass is 35.5. The van der Waals surface area contributed by atoms with Crippen LogP contribution in [-0.4, -0.2) is 30.8 Å². The zero-order valence-electron chi connectivity index (χ0n) is 8.25. The number of hydrogen-bond acceptors (Lipinski definition) is 4. The monoisotopic (exact) mass is 238 g/mol. The van der Waals surface area contributed by atoms with Gasteiger partial charge in [0.25, 0.3) is 0 Å². The van der Waals surface area contributed by atoms with Gasteiger partial charge in [-0.1, -0.05) is 0 Å². The zero-order valence-corrected chi connectivity index (χ0v) is 9.01. The van der Waals surface area contributed by atoms with Crippen molar-refractivity contribution < 1.29 is 9.90 Å². The second-order valence-electron chi connectivity index (χ2n) is 3.05. The number of carboxylic acid groups (broad SMARTS) is 1. The molecular weight excluding hydrogens is 232 g/mol. The van der Waals surface area contributed by atoms with Gasteiger partial charge >= 0.3 is 5.97 Å². The van der Waals surface area contributed by atoms with E-state index in [0.717, 1.165) is 0 Å². The number of rotatable bonds is 2. The number of carboxylic acids is 1. The van der Waals surface area contributed by atoms with Gasteiger partial charge in [-0.2, -0.15) is 5.10 Å². The zero-order chi connectivity index (χ0) is 11.7. The van der Waals surface area contributed by atoms with E-state index in [1.54, 1.807) is 24.0 Å². The Morgan fingerprint density at radius 2 is 2.25 bits per heavy atom. The lowest BCUT2D eigenvalue weighted by Gasteiger charge is -2.02. The Hall–Kier alpha value is -1.95. The average Bonchev–Trinajstić information content (AvgIpc) is 2.63. The van der Waals surface area contributed by atoms with E-state index in [-0.39, 0.29) is 11.0 Å². The van der Waals surface area contributed by atoms with Crippen molar-refractivity contribution >= 4 is 17.6 Å². The maximum Gasteiger partial charge on any atom is 0.354 e. The fourth-order valence-electron chi connectivity index (χ4n) is 1.28. The Balaban J connectivity index is 2.58. The molecule has 2 heterocycles. The number of halogens is 1. The Labute approximate surface area is 95.5 Å². The van der Waals surface area contributed by atoms with E-state index in [1.807, 2.05) is 0 Å². The van der Waals surface area contributed by atoms with E-state index in [4.69, 9.17) is 16.7 Å². The van der Waals surface area contributed by atoms with Crippen LogP contribution in [0.25, 0.3) is 11.4 Å². The molecule has 0 aromatic carbocycles. The van der Waals surface area contributed by atoms with Crippen LogP contribution in [0.4, 0.5) is 0 Å². The second-order valence-corrected chi connectivity index (χ2v) is 3.39. The molecule has 0 saturated carbocycles. The van der Waals surface area contributed by atoms with Gasteiger partial charge in [-0.15, -0.1) is 0 Å². The molecule has 16 heavy (non-hydrogen) atoms. The molecule has 0 atom stereocenters. The minimum Gasteiger partial charge on any atom is -0.477 e. The van der Waals surface area contributed by atoms with Gasteiger partial charge in [0.15, 0.2) is 5.69 Å². The van der Waals surface area contributed by atoms with Crippen LogP contribution < -0.4 is 0 Å². The number of carbonyl (C=O) groups is 1. The van der Waals surface area contributed by atoms with Crippen molar-refractivity contribution in [1.29, 1.82) is 0 Å². The molecule has 82 valence electrons. The Morgan fingerprint density at radius 3 is 2.81 bits per heavy atom. The van der Waals surface area contributed by atoms with Crippen molar-refractivity contribution in [3.05, 3.63) is 29.3 Å². The van der Waals surface area contributed by atoms with Crippen LogP contribution in [0.2, 0.25) is 5.28 Å². The Kier molecular flexibility index (Phi) is 2.57. The molecule has 2 rings (SSSR count). The lowest BCUT2D eigenvalue weighted by atomic mass is 10.2. The summed E-state index contributed by atoms with van der Waals surface area (Å²) < 4.78 is 1.57. The molecule has 0 fully saturated rings. The highest BCUT2D eigenvalue weighted by Gasteiger charge is 2.12. The SMILES string of the molecule is Cn1nccc1-c1cc(C(=O)O)nc(Cl)n1. The van der Waals surface area contributed by atoms with Gasteiger partial charge in [0.2, 0.25) is 5.28 Å². The first-order valence-corrected chi connectivity index (χ1v) is 4.72. The van der Waals surface area contributed by atoms with Crippen molar-refractivity contribution in [2.45, 2.75) is 0 Å². The van der Waals surface area contributed by atoms with Crippen LogP contribution >= 0.6 is 11.6 Å². The minimum absolute atomic E-state index is 0.101. The van der Waals surface area contributed by atoms with Crippen LogP contribution in [-0.2, 0) is 7.05 Å². The summed E-state index contributed by atoms with van der Waals surface area (Å²) in [7, 11) is 1.73. The predicted molar refractivity (Wildman–Crippen MR) is 56.2 cm³/mol. The Bertz CT molecular complexity index is 552. The fraction of sp³-hybridized carbons (Fsp3) is 0.111. The van der Waals surface area contributed by atoms with E-state index in [0.29, 0.717) is 11.4 Å². The summed E-state index contributed by atoms with van der Waals surface area (Å²) in [5, 5.41) is 12.7. The van der Waals surface area contributed by atoms with E-state index in [1.165, 1.54) is 6.07 Å². The number of nitrogens with zero attached hydrogens (tertiary/aromatic N) is 4. The van der Waals surface area contributed by atoms with Gasteiger partial charge in [-0.3, -0.25) is 4.68 Å². The molecule has 2 aromatic rings. The molecule has 1 N–H and O–H groups in total. The van der Waals surface area contributed by atoms with Crippen molar-refractivity contribution in [3.63, 3.8) is 0 Å². The van der Waals surface area contributed by atoms with Crippen LogP contribution in [0.1, 0.15) is 10.5 Å². The molecule has 0 amide bonds. The van der Waals surface area contributed by atoms with Crippen molar-refractivity contribution in [3.8, 4) is 11.4 Å². The average molecular weight is 239 g/mol.